The molecule has 7 heteroatoms. The van der Waals surface area contributed by atoms with Crippen molar-refractivity contribution in [1.82, 2.24) is 10.2 Å². The van der Waals surface area contributed by atoms with Crippen LogP contribution in [-0.4, -0.2) is 56.4 Å². The van der Waals surface area contributed by atoms with Crippen LogP contribution in [0.4, 0.5) is 13.2 Å². The lowest BCUT2D eigenvalue weighted by molar-refractivity contribution is -0.159. The number of alkyl halides is 3. The van der Waals surface area contributed by atoms with Gasteiger partial charge in [-0.3, -0.25) is 4.79 Å². The number of rotatable bonds is 3. The molecule has 0 bridgehead atoms. The predicted octanol–water partition coefficient (Wildman–Crippen LogP) is 0.384. The third-order valence-electron chi connectivity index (χ3n) is 2.51. The zero-order valence-electron chi connectivity index (χ0n) is 9.17. The molecule has 2 unspecified atom stereocenters. The van der Waals surface area contributed by atoms with Gasteiger partial charge in [0.15, 0.2) is 0 Å². The van der Waals surface area contributed by atoms with E-state index in [2.05, 4.69) is 5.32 Å². The minimum absolute atomic E-state index is 0.103. The monoisotopic (exact) mass is 240 g/mol. The van der Waals surface area contributed by atoms with Gasteiger partial charge in [-0.2, -0.15) is 13.2 Å². The van der Waals surface area contributed by atoms with Gasteiger partial charge in [0.2, 0.25) is 5.91 Å². The molecular formula is C9H15F3N2O2. The zero-order valence-corrected chi connectivity index (χ0v) is 9.17. The van der Waals surface area contributed by atoms with E-state index in [1.165, 1.54) is 7.11 Å². The first-order valence-corrected chi connectivity index (χ1v) is 4.91. The molecule has 94 valence electrons. The Morgan fingerprint density at radius 1 is 1.56 bits per heavy atom. The quantitative estimate of drug-likeness (QED) is 0.775. The summed E-state index contributed by atoms with van der Waals surface area (Å²) >= 11 is 0. The summed E-state index contributed by atoms with van der Waals surface area (Å²) < 4.78 is 41.2. The molecule has 2 atom stereocenters. The van der Waals surface area contributed by atoms with Crippen molar-refractivity contribution >= 4 is 5.91 Å². The number of halogens is 3. The molecule has 0 aliphatic carbocycles. The number of hydrogen-bond acceptors (Lipinski definition) is 3. The average Bonchev–Trinajstić information content (AvgIpc) is 2.61. The van der Waals surface area contributed by atoms with E-state index in [-0.39, 0.29) is 6.10 Å². The summed E-state index contributed by atoms with van der Waals surface area (Å²) in [4.78, 5) is 12.3. The van der Waals surface area contributed by atoms with E-state index < -0.39 is 24.7 Å². The first kappa shape index (κ1) is 13.2. The van der Waals surface area contributed by atoms with E-state index in [1.807, 2.05) is 0 Å². The lowest BCUT2D eigenvalue weighted by Gasteiger charge is -2.22. The third-order valence-corrected chi connectivity index (χ3v) is 2.51. The zero-order chi connectivity index (χ0) is 12.3. The van der Waals surface area contributed by atoms with Crippen LogP contribution >= 0.6 is 0 Å². The summed E-state index contributed by atoms with van der Waals surface area (Å²) in [6.07, 6.45) is -4.05. The second kappa shape index (κ2) is 5.01. The summed E-state index contributed by atoms with van der Waals surface area (Å²) in [7, 11) is 2.66. The Hall–Kier alpha value is -0.820. The van der Waals surface area contributed by atoms with Crippen LogP contribution in [0.2, 0.25) is 0 Å². The summed E-state index contributed by atoms with van der Waals surface area (Å²) in [5, 5.41) is 2.84. The van der Waals surface area contributed by atoms with Crippen molar-refractivity contribution in [3.8, 4) is 0 Å². The van der Waals surface area contributed by atoms with Crippen molar-refractivity contribution in [3.05, 3.63) is 0 Å². The van der Waals surface area contributed by atoms with Gasteiger partial charge in [-0.25, -0.2) is 0 Å². The second-order valence-corrected chi connectivity index (χ2v) is 3.86. The van der Waals surface area contributed by atoms with Crippen LogP contribution < -0.4 is 5.32 Å². The summed E-state index contributed by atoms with van der Waals surface area (Å²) in [5.41, 5.74) is 0. The second-order valence-electron chi connectivity index (χ2n) is 3.86. The topological polar surface area (TPSA) is 41.6 Å². The van der Waals surface area contributed by atoms with Gasteiger partial charge in [0, 0.05) is 20.7 Å². The van der Waals surface area contributed by atoms with Crippen LogP contribution in [0.15, 0.2) is 0 Å². The van der Waals surface area contributed by atoms with E-state index in [4.69, 9.17) is 4.74 Å². The Morgan fingerprint density at radius 3 is 2.62 bits per heavy atom. The maximum Gasteiger partial charge on any atom is 0.406 e. The molecule has 1 N–H and O–H groups in total. The fraction of sp³-hybridized carbons (Fsp3) is 0.889. The molecule has 4 nitrogen and oxygen atoms in total. The van der Waals surface area contributed by atoms with Crippen LogP contribution in [0, 0.1) is 0 Å². The molecule has 16 heavy (non-hydrogen) atoms. The molecule has 1 aliphatic heterocycles. The maximum atomic E-state index is 12.1. The Kier molecular flexibility index (Phi) is 4.15. The highest BCUT2D eigenvalue weighted by Gasteiger charge is 2.36. The normalized spacial score (nSPS) is 25.8. The Balaban J connectivity index is 2.46. The van der Waals surface area contributed by atoms with Crippen molar-refractivity contribution in [2.45, 2.75) is 24.7 Å². The molecule has 1 aliphatic rings. The molecule has 1 saturated heterocycles. The minimum Gasteiger partial charge on any atom is -0.380 e. The number of ether oxygens (including phenoxy) is 1. The van der Waals surface area contributed by atoms with Crippen molar-refractivity contribution in [2.75, 3.05) is 27.2 Å². The van der Waals surface area contributed by atoms with Crippen LogP contribution in [-0.2, 0) is 9.53 Å². The Bertz CT molecular complexity index is 258. The number of methoxy groups -OCH3 is 1. The molecule has 0 spiro atoms. The van der Waals surface area contributed by atoms with Crippen molar-refractivity contribution < 1.29 is 22.7 Å². The number of nitrogens with one attached hydrogen (secondary N) is 1. The summed E-state index contributed by atoms with van der Waals surface area (Å²) in [5.74, 6) is -0.545. The van der Waals surface area contributed by atoms with Crippen molar-refractivity contribution in [3.63, 3.8) is 0 Å². The number of amides is 1. The van der Waals surface area contributed by atoms with Crippen LogP contribution in [0.5, 0.6) is 0 Å². The molecule has 0 saturated carbocycles. The summed E-state index contributed by atoms with van der Waals surface area (Å²) in [6, 6.07) is -0.572. The van der Waals surface area contributed by atoms with E-state index >= 15 is 0 Å². The van der Waals surface area contributed by atoms with Gasteiger partial charge in [0.05, 0.1) is 12.1 Å². The van der Waals surface area contributed by atoms with E-state index in [0.29, 0.717) is 17.9 Å². The molecular weight excluding hydrogens is 225 g/mol. The highest BCUT2D eigenvalue weighted by atomic mass is 19.4. The maximum absolute atomic E-state index is 12.1. The molecule has 0 radical (unpaired) electrons. The largest absolute Gasteiger partial charge is 0.406 e. The lowest BCUT2D eigenvalue weighted by atomic mass is 10.2. The predicted molar refractivity (Wildman–Crippen MR) is 50.9 cm³/mol. The number of hydrogen-bond donors (Lipinski definition) is 1. The van der Waals surface area contributed by atoms with E-state index in [1.54, 1.807) is 0 Å². The van der Waals surface area contributed by atoms with Gasteiger partial charge in [0.25, 0.3) is 0 Å². The highest BCUT2D eigenvalue weighted by Crippen LogP contribution is 2.18. The first-order chi connectivity index (χ1) is 7.33. The van der Waals surface area contributed by atoms with Gasteiger partial charge in [0.1, 0.15) is 6.54 Å². The number of carbonyl (C=O) groups excluding carboxylic acids is 1. The van der Waals surface area contributed by atoms with Crippen LogP contribution in [0.3, 0.4) is 0 Å². The molecule has 1 fully saturated rings. The third kappa shape index (κ3) is 3.64. The molecule has 0 aromatic carbocycles. The van der Waals surface area contributed by atoms with Gasteiger partial charge < -0.3 is 15.0 Å². The Morgan fingerprint density at radius 2 is 2.19 bits per heavy atom. The fourth-order valence-corrected chi connectivity index (χ4v) is 1.68. The minimum atomic E-state index is -4.36. The standard InChI is InChI=1S/C9H15F3N2O2/c1-14(5-9(10,11)12)8(15)7-3-6(16-2)4-13-7/h6-7,13H,3-5H2,1-2H3. The number of nitrogens with zero attached hydrogens (tertiary/aromatic N) is 1. The molecule has 1 rings (SSSR count). The number of likely N-dealkylation sites (N-methyl/N-ethyl adjacent to an activating group) is 1. The molecule has 1 amide bonds. The SMILES string of the molecule is COC1CNC(C(=O)N(C)CC(F)(F)F)C1. The summed E-state index contributed by atoms with van der Waals surface area (Å²) in [6.45, 7) is -0.728. The van der Waals surface area contributed by atoms with Gasteiger partial charge in [-0.1, -0.05) is 0 Å². The average molecular weight is 240 g/mol. The van der Waals surface area contributed by atoms with Gasteiger partial charge >= 0.3 is 6.18 Å². The van der Waals surface area contributed by atoms with Crippen LogP contribution in [0.1, 0.15) is 6.42 Å². The smallest absolute Gasteiger partial charge is 0.380 e. The molecule has 0 aromatic heterocycles. The number of carbonyl (C=O) groups is 1. The molecule has 0 aromatic rings. The highest BCUT2D eigenvalue weighted by molar-refractivity contribution is 5.82. The van der Waals surface area contributed by atoms with Crippen molar-refractivity contribution in [2.24, 2.45) is 0 Å². The lowest BCUT2D eigenvalue weighted by Crippen LogP contribution is -2.45. The van der Waals surface area contributed by atoms with E-state index in [0.717, 1.165) is 7.05 Å². The fourth-order valence-electron chi connectivity index (χ4n) is 1.68. The van der Waals surface area contributed by atoms with Crippen molar-refractivity contribution in [1.29, 1.82) is 0 Å². The molecule has 1 heterocycles. The van der Waals surface area contributed by atoms with Crippen LogP contribution in [0.25, 0.3) is 0 Å². The van der Waals surface area contributed by atoms with E-state index in [9.17, 15) is 18.0 Å². The van der Waals surface area contributed by atoms with Gasteiger partial charge in [-0.05, 0) is 6.42 Å². The first-order valence-electron chi connectivity index (χ1n) is 4.91. The van der Waals surface area contributed by atoms with Gasteiger partial charge in [-0.15, -0.1) is 0 Å². The Labute approximate surface area is 91.7 Å².